The number of hydrogen-bond donors (Lipinski definition) is 0. The fourth-order valence-electron chi connectivity index (χ4n) is 5.54. The van der Waals surface area contributed by atoms with E-state index in [1.54, 1.807) is 48.5 Å². The van der Waals surface area contributed by atoms with E-state index in [4.69, 9.17) is 0 Å². The van der Waals surface area contributed by atoms with Crippen LogP contribution in [-0.2, 0) is 9.59 Å². The number of para-hydroxylation sites is 1. The van der Waals surface area contributed by atoms with Crippen molar-refractivity contribution in [1.82, 2.24) is 0 Å². The normalized spacial score (nSPS) is 20.8. The van der Waals surface area contributed by atoms with Crippen LogP contribution in [0.3, 0.4) is 0 Å². The number of hydrogen-bond acceptors (Lipinski definition) is 4. The molecule has 5 nitrogen and oxygen atoms in total. The van der Waals surface area contributed by atoms with Gasteiger partial charge in [-0.15, -0.1) is 0 Å². The quantitative estimate of drug-likeness (QED) is 0.520. The van der Waals surface area contributed by atoms with Gasteiger partial charge in [0.25, 0.3) is 11.8 Å². The minimum Gasteiger partial charge on any atom is -0.269 e. The van der Waals surface area contributed by atoms with Crippen LogP contribution in [0.5, 0.6) is 0 Å². The SMILES string of the molecule is CC1(C)C(c2ccc(C#N)cc2)C2=C(C(=O)N(c3ccccc3)C2=O)C1c1ccc(C#N)cc1. The molecule has 1 aliphatic heterocycles. The third kappa shape index (κ3) is 3.06. The number of nitriles is 2. The van der Waals surface area contributed by atoms with Gasteiger partial charge in [0.15, 0.2) is 0 Å². The first-order chi connectivity index (χ1) is 16.4. The molecule has 2 aliphatic rings. The van der Waals surface area contributed by atoms with Crippen LogP contribution in [-0.4, -0.2) is 11.8 Å². The number of imide groups is 1. The van der Waals surface area contributed by atoms with Crippen LogP contribution in [0, 0.1) is 28.1 Å². The third-order valence-corrected chi connectivity index (χ3v) is 6.98. The lowest BCUT2D eigenvalue weighted by atomic mass is 9.67. The molecule has 2 unspecified atom stereocenters. The molecule has 0 aromatic heterocycles. The summed E-state index contributed by atoms with van der Waals surface area (Å²) < 4.78 is 0. The molecule has 1 aliphatic carbocycles. The molecule has 1 heterocycles. The lowest BCUT2D eigenvalue weighted by molar-refractivity contribution is -0.121. The first-order valence-electron chi connectivity index (χ1n) is 11.1. The summed E-state index contributed by atoms with van der Waals surface area (Å²) in [5, 5.41) is 18.5. The molecule has 0 saturated carbocycles. The van der Waals surface area contributed by atoms with Gasteiger partial charge in [-0.25, -0.2) is 4.90 Å². The molecule has 3 aromatic rings. The summed E-state index contributed by atoms with van der Waals surface area (Å²) in [4.78, 5) is 28.9. The number of nitrogens with zero attached hydrogens (tertiary/aromatic N) is 3. The Kier molecular flexibility index (Phi) is 4.92. The number of amides is 2. The predicted molar refractivity (Wildman–Crippen MR) is 128 cm³/mol. The fraction of sp³-hybridized carbons (Fsp3) is 0.172. The second-order valence-electron chi connectivity index (χ2n) is 9.26. The van der Waals surface area contributed by atoms with E-state index in [0.29, 0.717) is 28.0 Å². The Hall–Kier alpha value is -4.48. The Bertz CT molecular complexity index is 1330. The lowest BCUT2D eigenvalue weighted by Gasteiger charge is -2.37. The van der Waals surface area contributed by atoms with Gasteiger partial charge in [0.05, 0.1) is 29.0 Å². The Morgan fingerprint density at radius 2 is 1.09 bits per heavy atom. The maximum absolute atomic E-state index is 13.8. The monoisotopic (exact) mass is 443 g/mol. The van der Waals surface area contributed by atoms with E-state index in [1.165, 1.54) is 4.90 Å². The van der Waals surface area contributed by atoms with Crippen molar-refractivity contribution in [2.45, 2.75) is 25.7 Å². The highest BCUT2D eigenvalue weighted by Crippen LogP contribution is 2.62. The molecule has 2 amide bonds. The number of carbonyl (C=O) groups is 2. The molecular weight excluding hydrogens is 422 g/mol. The molecule has 164 valence electrons. The third-order valence-electron chi connectivity index (χ3n) is 6.98. The summed E-state index contributed by atoms with van der Waals surface area (Å²) in [6.07, 6.45) is 0. The summed E-state index contributed by atoms with van der Waals surface area (Å²) in [5.74, 6) is -1.27. The van der Waals surface area contributed by atoms with Crippen LogP contribution in [0.4, 0.5) is 5.69 Å². The van der Waals surface area contributed by atoms with E-state index >= 15 is 0 Å². The molecule has 0 radical (unpaired) electrons. The smallest absolute Gasteiger partial charge is 0.262 e. The van der Waals surface area contributed by atoms with E-state index in [-0.39, 0.29) is 23.7 Å². The van der Waals surface area contributed by atoms with Gasteiger partial charge in [0.1, 0.15) is 0 Å². The van der Waals surface area contributed by atoms with Gasteiger partial charge >= 0.3 is 0 Å². The second-order valence-corrected chi connectivity index (χ2v) is 9.26. The predicted octanol–water partition coefficient (Wildman–Crippen LogP) is 5.21. The minimum absolute atomic E-state index is 0.301. The number of anilines is 1. The van der Waals surface area contributed by atoms with Crippen molar-refractivity contribution in [3.05, 3.63) is 112 Å². The highest BCUT2D eigenvalue weighted by Gasteiger charge is 2.58. The first-order valence-corrected chi connectivity index (χ1v) is 11.1. The van der Waals surface area contributed by atoms with Crippen LogP contribution in [0.2, 0.25) is 0 Å². The van der Waals surface area contributed by atoms with Crippen LogP contribution in [0.1, 0.15) is 47.9 Å². The molecule has 5 heteroatoms. The van der Waals surface area contributed by atoms with Crippen LogP contribution >= 0.6 is 0 Å². The maximum Gasteiger partial charge on any atom is 0.262 e. The summed E-state index contributed by atoms with van der Waals surface area (Å²) in [7, 11) is 0. The van der Waals surface area contributed by atoms with Gasteiger partial charge in [0, 0.05) is 23.0 Å². The minimum atomic E-state index is -0.499. The van der Waals surface area contributed by atoms with Crippen molar-refractivity contribution in [2.75, 3.05) is 4.90 Å². The molecule has 0 N–H and O–H groups in total. The summed E-state index contributed by atoms with van der Waals surface area (Å²) >= 11 is 0. The standard InChI is InChI=1S/C29H21N3O2/c1-29(2)25(20-12-8-18(16-30)9-13-20)23-24(26(29)21-14-10-19(17-31)11-15-21)28(34)32(27(23)33)22-6-4-3-5-7-22/h3-15,25-26H,1-2H3. The molecule has 5 rings (SSSR count). The first kappa shape index (κ1) is 21.4. The maximum atomic E-state index is 13.8. The fourth-order valence-corrected chi connectivity index (χ4v) is 5.54. The highest BCUT2D eigenvalue weighted by molar-refractivity contribution is 6.34. The van der Waals surface area contributed by atoms with Crippen molar-refractivity contribution < 1.29 is 9.59 Å². The summed E-state index contributed by atoms with van der Waals surface area (Å²) in [5.41, 5.74) is 3.93. The second kappa shape index (κ2) is 7.83. The molecule has 2 atom stereocenters. The van der Waals surface area contributed by atoms with Crippen molar-refractivity contribution >= 4 is 17.5 Å². The zero-order valence-electron chi connectivity index (χ0n) is 18.8. The van der Waals surface area contributed by atoms with Gasteiger partial charge in [-0.1, -0.05) is 56.3 Å². The molecule has 0 bridgehead atoms. The zero-order chi connectivity index (χ0) is 24.0. The van der Waals surface area contributed by atoms with Crippen LogP contribution in [0.15, 0.2) is 90.0 Å². The number of benzene rings is 3. The van der Waals surface area contributed by atoms with Gasteiger partial charge in [-0.05, 0) is 52.9 Å². The Balaban J connectivity index is 1.70. The zero-order valence-corrected chi connectivity index (χ0v) is 18.8. The van der Waals surface area contributed by atoms with E-state index in [9.17, 15) is 20.1 Å². The largest absolute Gasteiger partial charge is 0.269 e. The molecule has 34 heavy (non-hydrogen) atoms. The Labute approximate surface area is 198 Å². The van der Waals surface area contributed by atoms with E-state index < -0.39 is 5.41 Å². The van der Waals surface area contributed by atoms with Crippen molar-refractivity contribution in [1.29, 1.82) is 10.5 Å². The van der Waals surface area contributed by atoms with Crippen molar-refractivity contribution in [3.63, 3.8) is 0 Å². The van der Waals surface area contributed by atoms with Crippen LogP contribution < -0.4 is 4.90 Å². The van der Waals surface area contributed by atoms with E-state index in [1.807, 2.05) is 30.3 Å². The molecule has 3 aromatic carbocycles. The van der Waals surface area contributed by atoms with Crippen molar-refractivity contribution in [3.8, 4) is 12.1 Å². The topological polar surface area (TPSA) is 85.0 Å². The van der Waals surface area contributed by atoms with Gasteiger partial charge in [-0.2, -0.15) is 10.5 Å². The molecule has 0 spiro atoms. The van der Waals surface area contributed by atoms with Gasteiger partial charge in [0.2, 0.25) is 0 Å². The van der Waals surface area contributed by atoms with E-state index in [2.05, 4.69) is 26.0 Å². The average Bonchev–Trinajstić information content (AvgIpc) is 3.25. The number of carbonyl (C=O) groups excluding carboxylic acids is 2. The van der Waals surface area contributed by atoms with Crippen molar-refractivity contribution in [2.24, 2.45) is 5.41 Å². The Morgan fingerprint density at radius 1 is 0.676 bits per heavy atom. The average molecular weight is 444 g/mol. The van der Waals surface area contributed by atoms with Gasteiger partial charge < -0.3 is 0 Å². The highest BCUT2D eigenvalue weighted by atomic mass is 16.2. The summed E-state index contributed by atoms with van der Waals surface area (Å²) in [6, 6.07) is 27.7. The van der Waals surface area contributed by atoms with Gasteiger partial charge in [-0.3, -0.25) is 9.59 Å². The van der Waals surface area contributed by atoms with Crippen LogP contribution in [0.25, 0.3) is 0 Å². The molecule has 0 saturated heterocycles. The Morgan fingerprint density at radius 3 is 1.47 bits per heavy atom. The van der Waals surface area contributed by atoms with E-state index in [0.717, 1.165) is 11.1 Å². The molecule has 0 fully saturated rings. The number of rotatable bonds is 3. The lowest BCUT2D eigenvalue weighted by Crippen LogP contribution is -2.38. The summed E-state index contributed by atoms with van der Waals surface area (Å²) in [6.45, 7) is 4.15. The molecular formula is C29H21N3O2.